The van der Waals surface area contributed by atoms with Gasteiger partial charge in [0, 0.05) is 17.0 Å². The van der Waals surface area contributed by atoms with Crippen LogP contribution in [0.1, 0.15) is 47.0 Å². The average Bonchev–Trinajstić information content (AvgIpc) is 2.22. The SMILES string of the molecule is CCC(C)CC(CSC(C)CC)NN. The number of hydrogen-bond donors (Lipinski definition) is 2. The van der Waals surface area contributed by atoms with Gasteiger partial charge in [0.05, 0.1) is 0 Å². The van der Waals surface area contributed by atoms with E-state index in [9.17, 15) is 0 Å². The Morgan fingerprint density at radius 1 is 1.21 bits per heavy atom. The highest BCUT2D eigenvalue weighted by Gasteiger charge is 2.11. The van der Waals surface area contributed by atoms with E-state index >= 15 is 0 Å². The Hall–Kier alpha value is 0.270. The van der Waals surface area contributed by atoms with Crippen molar-refractivity contribution in [3.05, 3.63) is 0 Å². The predicted octanol–water partition coefficient (Wildman–Crippen LogP) is 2.79. The first-order valence-electron chi connectivity index (χ1n) is 5.71. The Morgan fingerprint density at radius 2 is 1.86 bits per heavy atom. The average molecular weight is 218 g/mol. The largest absolute Gasteiger partial charge is 0.271 e. The highest BCUT2D eigenvalue weighted by atomic mass is 32.2. The van der Waals surface area contributed by atoms with Gasteiger partial charge in [0.15, 0.2) is 0 Å². The van der Waals surface area contributed by atoms with Crippen LogP contribution in [0.25, 0.3) is 0 Å². The molecule has 0 aliphatic rings. The Labute approximate surface area is 93.4 Å². The third kappa shape index (κ3) is 6.68. The minimum absolute atomic E-state index is 0.476. The van der Waals surface area contributed by atoms with Crippen molar-refractivity contribution < 1.29 is 0 Å². The summed E-state index contributed by atoms with van der Waals surface area (Å²) in [5, 5.41) is 0.753. The Kier molecular flexibility index (Phi) is 8.73. The van der Waals surface area contributed by atoms with Gasteiger partial charge in [0.1, 0.15) is 0 Å². The summed E-state index contributed by atoms with van der Waals surface area (Å²) in [5.41, 5.74) is 2.93. The van der Waals surface area contributed by atoms with Crippen molar-refractivity contribution in [1.29, 1.82) is 0 Å². The second-order valence-electron chi connectivity index (χ2n) is 4.16. The molecule has 0 bridgehead atoms. The second-order valence-corrected chi connectivity index (χ2v) is 5.64. The van der Waals surface area contributed by atoms with Crippen LogP contribution < -0.4 is 11.3 Å². The molecule has 0 radical (unpaired) electrons. The van der Waals surface area contributed by atoms with Gasteiger partial charge in [-0.1, -0.05) is 34.1 Å². The molecule has 3 N–H and O–H groups in total. The van der Waals surface area contributed by atoms with Crippen LogP contribution in [0.5, 0.6) is 0 Å². The topological polar surface area (TPSA) is 38.0 Å². The Bertz CT molecular complexity index is 130. The maximum absolute atomic E-state index is 5.54. The van der Waals surface area contributed by atoms with Gasteiger partial charge in [0.25, 0.3) is 0 Å². The molecular weight excluding hydrogens is 192 g/mol. The van der Waals surface area contributed by atoms with E-state index in [1.807, 2.05) is 11.8 Å². The molecule has 0 saturated heterocycles. The molecule has 0 amide bonds. The van der Waals surface area contributed by atoms with E-state index in [2.05, 4.69) is 33.1 Å². The van der Waals surface area contributed by atoms with Gasteiger partial charge in [0.2, 0.25) is 0 Å². The van der Waals surface area contributed by atoms with E-state index in [1.165, 1.54) is 19.3 Å². The van der Waals surface area contributed by atoms with Crippen LogP contribution in [-0.4, -0.2) is 17.0 Å². The lowest BCUT2D eigenvalue weighted by molar-refractivity contribution is 0.423. The van der Waals surface area contributed by atoms with E-state index in [4.69, 9.17) is 5.84 Å². The molecular formula is C11H26N2S. The number of thioether (sulfide) groups is 1. The van der Waals surface area contributed by atoms with Crippen LogP contribution in [0.2, 0.25) is 0 Å². The molecule has 86 valence electrons. The minimum atomic E-state index is 0.476. The smallest absolute Gasteiger partial charge is 0.0303 e. The molecule has 0 aromatic rings. The lowest BCUT2D eigenvalue weighted by Gasteiger charge is -2.20. The summed E-state index contributed by atoms with van der Waals surface area (Å²) < 4.78 is 0. The van der Waals surface area contributed by atoms with Gasteiger partial charge in [-0.15, -0.1) is 0 Å². The van der Waals surface area contributed by atoms with Crippen molar-refractivity contribution in [1.82, 2.24) is 5.43 Å². The lowest BCUT2D eigenvalue weighted by atomic mass is 10.0. The molecule has 0 fully saturated rings. The van der Waals surface area contributed by atoms with Crippen LogP contribution in [0.15, 0.2) is 0 Å². The van der Waals surface area contributed by atoms with Crippen LogP contribution >= 0.6 is 11.8 Å². The third-order valence-electron chi connectivity index (χ3n) is 2.78. The zero-order valence-corrected chi connectivity index (χ0v) is 10.9. The van der Waals surface area contributed by atoms with Crippen LogP contribution in [0.4, 0.5) is 0 Å². The van der Waals surface area contributed by atoms with E-state index in [0.717, 1.165) is 16.9 Å². The molecule has 0 aliphatic heterocycles. The molecule has 3 atom stereocenters. The van der Waals surface area contributed by atoms with Crippen molar-refractivity contribution in [2.45, 2.75) is 58.2 Å². The molecule has 0 saturated carbocycles. The van der Waals surface area contributed by atoms with Crippen LogP contribution in [0.3, 0.4) is 0 Å². The summed E-state index contributed by atoms with van der Waals surface area (Å²) in [6.45, 7) is 9.04. The molecule has 0 aromatic heterocycles. The number of hydrogen-bond acceptors (Lipinski definition) is 3. The Morgan fingerprint density at radius 3 is 2.29 bits per heavy atom. The number of nitrogens with two attached hydrogens (primary N) is 1. The van der Waals surface area contributed by atoms with Crippen molar-refractivity contribution in [2.24, 2.45) is 11.8 Å². The second kappa shape index (κ2) is 8.57. The highest BCUT2D eigenvalue weighted by Crippen LogP contribution is 2.18. The maximum atomic E-state index is 5.54. The molecule has 2 nitrogen and oxygen atoms in total. The van der Waals surface area contributed by atoms with Gasteiger partial charge in [-0.05, 0) is 18.8 Å². The Balaban J connectivity index is 3.68. The van der Waals surface area contributed by atoms with Crippen molar-refractivity contribution in [2.75, 3.05) is 5.75 Å². The first-order valence-corrected chi connectivity index (χ1v) is 6.76. The summed E-state index contributed by atoms with van der Waals surface area (Å²) in [6, 6.07) is 0.476. The first-order chi connectivity index (χ1) is 6.63. The predicted molar refractivity (Wildman–Crippen MR) is 67.4 cm³/mol. The number of nitrogens with one attached hydrogen (secondary N) is 1. The van der Waals surface area contributed by atoms with Gasteiger partial charge >= 0.3 is 0 Å². The summed E-state index contributed by atoms with van der Waals surface area (Å²) in [5.74, 6) is 7.45. The molecule has 3 unspecified atom stereocenters. The summed E-state index contributed by atoms with van der Waals surface area (Å²) in [6.07, 6.45) is 3.67. The molecule has 0 aliphatic carbocycles. The van der Waals surface area contributed by atoms with Crippen molar-refractivity contribution >= 4 is 11.8 Å². The van der Waals surface area contributed by atoms with E-state index in [0.29, 0.717) is 6.04 Å². The summed E-state index contributed by atoms with van der Waals surface area (Å²) in [7, 11) is 0. The lowest BCUT2D eigenvalue weighted by Crippen LogP contribution is -2.38. The fourth-order valence-electron chi connectivity index (χ4n) is 1.23. The molecule has 0 heterocycles. The third-order valence-corrected chi connectivity index (χ3v) is 4.27. The van der Waals surface area contributed by atoms with Gasteiger partial charge in [-0.25, -0.2) is 0 Å². The molecule has 14 heavy (non-hydrogen) atoms. The summed E-state index contributed by atoms with van der Waals surface area (Å²) >= 11 is 2.02. The maximum Gasteiger partial charge on any atom is 0.0303 e. The molecule has 0 rings (SSSR count). The van der Waals surface area contributed by atoms with Gasteiger partial charge in [-0.3, -0.25) is 11.3 Å². The molecule has 3 heteroatoms. The van der Waals surface area contributed by atoms with Crippen molar-refractivity contribution in [3.63, 3.8) is 0 Å². The molecule has 0 spiro atoms. The van der Waals surface area contributed by atoms with E-state index in [1.54, 1.807) is 0 Å². The normalized spacial score (nSPS) is 17.8. The quantitative estimate of drug-likeness (QED) is 0.486. The van der Waals surface area contributed by atoms with Crippen LogP contribution in [0, 0.1) is 5.92 Å². The fourth-order valence-corrected chi connectivity index (χ4v) is 2.26. The van der Waals surface area contributed by atoms with E-state index in [-0.39, 0.29) is 0 Å². The fraction of sp³-hybridized carbons (Fsp3) is 1.00. The van der Waals surface area contributed by atoms with Crippen molar-refractivity contribution in [3.8, 4) is 0 Å². The van der Waals surface area contributed by atoms with Gasteiger partial charge in [-0.2, -0.15) is 11.8 Å². The molecule has 0 aromatic carbocycles. The highest BCUT2D eigenvalue weighted by molar-refractivity contribution is 7.99. The zero-order chi connectivity index (χ0) is 11.0. The van der Waals surface area contributed by atoms with Crippen LogP contribution in [-0.2, 0) is 0 Å². The summed E-state index contributed by atoms with van der Waals surface area (Å²) in [4.78, 5) is 0. The zero-order valence-electron chi connectivity index (χ0n) is 10.0. The minimum Gasteiger partial charge on any atom is -0.271 e. The van der Waals surface area contributed by atoms with Gasteiger partial charge < -0.3 is 0 Å². The standard InChI is InChI=1S/C11H26N2S/c1-5-9(3)7-11(13-12)8-14-10(4)6-2/h9-11,13H,5-8,12H2,1-4H3. The number of hydrazine groups is 1. The van der Waals surface area contributed by atoms with E-state index < -0.39 is 0 Å². The monoisotopic (exact) mass is 218 g/mol. The first kappa shape index (κ1) is 14.3. The number of rotatable bonds is 8.